The van der Waals surface area contributed by atoms with Gasteiger partial charge in [0.15, 0.2) is 0 Å². The van der Waals surface area contributed by atoms with E-state index in [1.165, 1.54) is 11.8 Å². The summed E-state index contributed by atoms with van der Waals surface area (Å²) in [6, 6.07) is 14.7. The Morgan fingerprint density at radius 2 is 1.75 bits per heavy atom. The summed E-state index contributed by atoms with van der Waals surface area (Å²) in [6.07, 6.45) is 0. The zero-order chi connectivity index (χ0) is 14.5. The summed E-state index contributed by atoms with van der Waals surface area (Å²) in [6.45, 7) is 0. The lowest BCUT2D eigenvalue weighted by Gasteiger charge is -2.17. The predicted octanol–water partition coefficient (Wildman–Crippen LogP) is 3.68. The second kappa shape index (κ2) is 6.68. The van der Waals surface area contributed by atoms with Crippen molar-refractivity contribution in [2.45, 2.75) is 4.90 Å². The van der Waals surface area contributed by atoms with Crippen molar-refractivity contribution in [3.8, 4) is 0 Å². The maximum absolute atomic E-state index is 12.1. The maximum atomic E-state index is 12.1. The van der Waals surface area contributed by atoms with Crippen LogP contribution in [0.4, 0.5) is 11.4 Å². The molecule has 0 aromatic heterocycles. The van der Waals surface area contributed by atoms with Crippen molar-refractivity contribution in [2.24, 2.45) is 0 Å². The molecule has 0 saturated carbocycles. The molecule has 0 atom stereocenters. The van der Waals surface area contributed by atoms with E-state index in [1.807, 2.05) is 36.4 Å². The molecule has 3 nitrogen and oxygen atoms in total. The molecule has 20 heavy (non-hydrogen) atoms. The van der Waals surface area contributed by atoms with Gasteiger partial charge in [-0.05, 0) is 48.5 Å². The second-order valence-corrected chi connectivity index (χ2v) is 5.77. The van der Waals surface area contributed by atoms with Crippen LogP contribution in [0.1, 0.15) is 0 Å². The van der Waals surface area contributed by atoms with Crippen LogP contribution >= 0.6 is 23.4 Å². The first-order valence-electron chi connectivity index (χ1n) is 6.07. The SMILES string of the molecule is CN(C(=O)CSc1ccc(Cl)cc1)c1ccc(N)cc1. The van der Waals surface area contributed by atoms with Gasteiger partial charge >= 0.3 is 0 Å². The number of carbonyl (C=O) groups excluding carboxylic acids is 1. The smallest absolute Gasteiger partial charge is 0.237 e. The molecule has 2 N–H and O–H groups in total. The van der Waals surface area contributed by atoms with Gasteiger partial charge < -0.3 is 10.6 Å². The van der Waals surface area contributed by atoms with Crippen LogP contribution in [0, 0.1) is 0 Å². The number of hydrogen-bond acceptors (Lipinski definition) is 3. The fraction of sp³-hybridized carbons (Fsp3) is 0.133. The number of rotatable bonds is 4. The van der Waals surface area contributed by atoms with E-state index in [1.54, 1.807) is 24.1 Å². The minimum absolute atomic E-state index is 0.0368. The minimum Gasteiger partial charge on any atom is -0.399 e. The number of nitrogens with zero attached hydrogens (tertiary/aromatic N) is 1. The first-order chi connectivity index (χ1) is 9.56. The molecule has 0 aliphatic carbocycles. The first kappa shape index (κ1) is 14.8. The van der Waals surface area contributed by atoms with Crippen molar-refractivity contribution in [2.75, 3.05) is 23.4 Å². The molecule has 5 heteroatoms. The van der Waals surface area contributed by atoms with Gasteiger partial charge in [-0.2, -0.15) is 0 Å². The number of carbonyl (C=O) groups is 1. The molecule has 2 aromatic carbocycles. The first-order valence-corrected chi connectivity index (χ1v) is 7.43. The van der Waals surface area contributed by atoms with E-state index < -0.39 is 0 Å². The van der Waals surface area contributed by atoms with E-state index in [-0.39, 0.29) is 5.91 Å². The van der Waals surface area contributed by atoms with Gasteiger partial charge in [0, 0.05) is 28.3 Å². The van der Waals surface area contributed by atoms with E-state index in [0.717, 1.165) is 10.6 Å². The largest absolute Gasteiger partial charge is 0.399 e. The Balaban J connectivity index is 1.94. The van der Waals surface area contributed by atoms with Gasteiger partial charge in [-0.25, -0.2) is 0 Å². The Morgan fingerprint density at radius 3 is 2.35 bits per heavy atom. The molecule has 0 fully saturated rings. The molecular formula is C15H15ClN2OS. The fourth-order valence-electron chi connectivity index (χ4n) is 1.61. The summed E-state index contributed by atoms with van der Waals surface area (Å²) in [5.74, 6) is 0.414. The highest BCUT2D eigenvalue weighted by Crippen LogP contribution is 2.22. The Morgan fingerprint density at radius 1 is 1.15 bits per heavy atom. The molecule has 2 aromatic rings. The Labute approximate surface area is 127 Å². The Hall–Kier alpha value is -1.65. The number of amides is 1. The van der Waals surface area contributed by atoms with Crippen molar-refractivity contribution < 1.29 is 4.79 Å². The average Bonchev–Trinajstić information content (AvgIpc) is 2.46. The third-order valence-electron chi connectivity index (χ3n) is 2.83. The van der Waals surface area contributed by atoms with Crippen LogP contribution in [0.15, 0.2) is 53.4 Å². The summed E-state index contributed by atoms with van der Waals surface area (Å²) in [7, 11) is 1.76. The van der Waals surface area contributed by atoms with Crippen molar-refractivity contribution in [1.82, 2.24) is 0 Å². The zero-order valence-corrected chi connectivity index (χ0v) is 12.6. The molecule has 0 heterocycles. The van der Waals surface area contributed by atoms with Gasteiger partial charge in [-0.15, -0.1) is 11.8 Å². The van der Waals surface area contributed by atoms with Gasteiger partial charge in [0.25, 0.3) is 0 Å². The normalized spacial score (nSPS) is 10.3. The van der Waals surface area contributed by atoms with Crippen LogP contribution in [0.3, 0.4) is 0 Å². The lowest BCUT2D eigenvalue weighted by atomic mass is 10.2. The molecule has 1 amide bonds. The highest BCUT2D eigenvalue weighted by molar-refractivity contribution is 8.00. The standard InChI is InChI=1S/C15H15ClN2OS/c1-18(13-6-4-12(17)5-7-13)15(19)10-20-14-8-2-11(16)3-9-14/h2-9H,10,17H2,1H3. The molecule has 0 radical (unpaired) electrons. The zero-order valence-electron chi connectivity index (χ0n) is 11.0. The highest BCUT2D eigenvalue weighted by atomic mass is 35.5. The third-order valence-corrected chi connectivity index (χ3v) is 4.08. The number of nitrogens with two attached hydrogens (primary N) is 1. The lowest BCUT2D eigenvalue weighted by Crippen LogP contribution is -2.27. The third kappa shape index (κ3) is 3.92. The van der Waals surface area contributed by atoms with Crippen LogP contribution < -0.4 is 10.6 Å². The molecular weight excluding hydrogens is 292 g/mol. The van der Waals surface area contributed by atoms with Gasteiger partial charge in [0.2, 0.25) is 5.91 Å². The lowest BCUT2D eigenvalue weighted by molar-refractivity contribution is -0.115. The van der Waals surface area contributed by atoms with Crippen LogP contribution in [0.25, 0.3) is 0 Å². The molecule has 0 aliphatic rings. The maximum Gasteiger partial charge on any atom is 0.237 e. The topological polar surface area (TPSA) is 46.3 Å². The minimum atomic E-state index is 0.0368. The van der Waals surface area contributed by atoms with Crippen molar-refractivity contribution in [3.63, 3.8) is 0 Å². The van der Waals surface area contributed by atoms with E-state index in [2.05, 4.69) is 0 Å². The summed E-state index contributed by atoms with van der Waals surface area (Å²) in [5.41, 5.74) is 7.15. The van der Waals surface area contributed by atoms with Gasteiger partial charge in [-0.1, -0.05) is 11.6 Å². The number of anilines is 2. The van der Waals surface area contributed by atoms with Crippen LogP contribution in [-0.2, 0) is 4.79 Å². The van der Waals surface area contributed by atoms with Gasteiger partial charge in [0.05, 0.1) is 5.75 Å². The monoisotopic (exact) mass is 306 g/mol. The fourth-order valence-corrected chi connectivity index (χ4v) is 2.55. The molecule has 104 valence electrons. The molecule has 2 rings (SSSR count). The number of halogens is 1. The summed E-state index contributed by atoms with van der Waals surface area (Å²) in [5, 5.41) is 0.694. The quantitative estimate of drug-likeness (QED) is 0.692. The summed E-state index contributed by atoms with van der Waals surface area (Å²) >= 11 is 7.31. The number of thioether (sulfide) groups is 1. The Bertz CT molecular complexity index is 584. The predicted molar refractivity (Wildman–Crippen MR) is 86.4 cm³/mol. The van der Waals surface area contributed by atoms with Crippen LogP contribution in [0.5, 0.6) is 0 Å². The molecule has 0 saturated heterocycles. The molecule has 0 spiro atoms. The van der Waals surface area contributed by atoms with Gasteiger partial charge in [0.1, 0.15) is 0 Å². The molecule has 0 aliphatic heterocycles. The number of hydrogen-bond donors (Lipinski definition) is 1. The van der Waals surface area contributed by atoms with E-state index in [0.29, 0.717) is 16.5 Å². The molecule has 0 unspecified atom stereocenters. The van der Waals surface area contributed by atoms with E-state index in [4.69, 9.17) is 17.3 Å². The van der Waals surface area contributed by atoms with Crippen LogP contribution in [-0.4, -0.2) is 18.7 Å². The van der Waals surface area contributed by atoms with Gasteiger partial charge in [-0.3, -0.25) is 4.79 Å². The molecule has 0 bridgehead atoms. The van der Waals surface area contributed by atoms with E-state index in [9.17, 15) is 4.79 Å². The van der Waals surface area contributed by atoms with Crippen molar-refractivity contribution >= 4 is 40.6 Å². The summed E-state index contributed by atoms with van der Waals surface area (Å²) in [4.78, 5) is 14.8. The average molecular weight is 307 g/mol. The highest BCUT2D eigenvalue weighted by Gasteiger charge is 2.11. The van der Waals surface area contributed by atoms with Crippen molar-refractivity contribution in [1.29, 1.82) is 0 Å². The van der Waals surface area contributed by atoms with E-state index >= 15 is 0 Å². The van der Waals surface area contributed by atoms with Crippen LogP contribution in [0.2, 0.25) is 5.02 Å². The summed E-state index contributed by atoms with van der Waals surface area (Å²) < 4.78 is 0. The second-order valence-electron chi connectivity index (χ2n) is 4.29. The Kier molecular flexibility index (Phi) is 4.93. The number of benzene rings is 2. The number of nitrogen functional groups attached to an aromatic ring is 1. The van der Waals surface area contributed by atoms with Crippen molar-refractivity contribution in [3.05, 3.63) is 53.6 Å².